The lowest BCUT2D eigenvalue weighted by molar-refractivity contribution is 0.252. The molecule has 0 amide bonds. The van der Waals surface area contributed by atoms with E-state index in [9.17, 15) is 0 Å². The summed E-state index contributed by atoms with van der Waals surface area (Å²) >= 11 is 0. The molecule has 0 atom stereocenters. The van der Waals surface area contributed by atoms with Gasteiger partial charge in [-0.05, 0) is 43.5 Å². The van der Waals surface area contributed by atoms with E-state index in [2.05, 4.69) is 67.2 Å². The standard InChI is InChI=1S/C24H27N5/c1-2-11-22-20(9-1)21-10-5-8-19(23(21)27-22)7-3-4-14-28-15-17-29(18-16-28)24-25-12-6-13-26-24/h1-2,5-6,8-13,27H,3-4,7,14-18H2. The van der Waals surface area contributed by atoms with Crippen molar-refractivity contribution in [3.8, 4) is 0 Å². The van der Waals surface area contributed by atoms with Gasteiger partial charge in [0.2, 0.25) is 5.95 Å². The van der Waals surface area contributed by atoms with Crippen LogP contribution >= 0.6 is 0 Å². The lowest BCUT2D eigenvalue weighted by Gasteiger charge is -2.34. The summed E-state index contributed by atoms with van der Waals surface area (Å²) in [5.74, 6) is 0.860. The van der Waals surface area contributed by atoms with Crippen molar-refractivity contribution in [1.29, 1.82) is 0 Å². The molecule has 1 saturated heterocycles. The van der Waals surface area contributed by atoms with Gasteiger partial charge in [0, 0.05) is 60.4 Å². The van der Waals surface area contributed by atoms with Crippen molar-refractivity contribution in [3.63, 3.8) is 0 Å². The SMILES string of the molecule is c1cnc(N2CCN(CCCCc3cccc4c3[nH]c3ccccc34)CC2)nc1. The van der Waals surface area contributed by atoms with Crippen molar-refractivity contribution < 1.29 is 0 Å². The summed E-state index contributed by atoms with van der Waals surface area (Å²) in [4.78, 5) is 17.2. The molecule has 1 N–H and O–H groups in total. The van der Waals surface area contributed by atoms with Crippen LogP contribution in [0.1, 0.15) is 18.4 Å². The van der Waals surface area contributed by atoms with Gasteiger partial charge in [-0.3, -0.25) is 4.90 Å². The van der Waals surface area contributed by atoms with Crippen LogP contribution in [0.25, 0.3) is 21.8 Å². The average molecular weight is 386 g/mol. The molecule has 1 aliphatic heterocycles. The highest BCUT2D eigenvalue weighted by atomic mass is 15.3. The fourth-order valence-electron chi connectivity index (χ4n) is 4.42. The van der Waals surface area contributed by atoms with E-state index in [1.54, 1.807) is 0 Å². The highest BCUT2D eigenvalue weighted by Crippen LogP contribution is 2.28. The number of nitrogens with one attached hydrogen (secondary N) is 1. The largest absolute Gasteiger partial charge is 0.354 e. The topological polar surface area (TPSA) is 48.1 Å². The van der Waals surface area contributed by atoms with Gasteiger partial charge in [0.05, 0.1) is 0 Å². The second kappa shape index (κ2) is 8.21. The van der Waals surface area contributed by atoms with Gasteiger partial charge < -0.3 is 9.88 Å². The van der Waals surface area contributed by atoms with Gasteiger partial charge in [0.15, 0.2) is 0 Å². The first-order valence-corrected chi connectivity index (χ1v) is 10.6. The molecule has 5 rings (SSSR count). The van der Waals surface area contributed by atoms with E-state index < -0.39 is 0 Å². The number of para-hydroxylation sites is 2. The summed E-state index contributed by atoms with van der Waals surface area (Å²) in [6, 6.07) is 17.2. The molecular formula is C24H27N5. The summed E-state index contributed by atoms with van der Waals surface area (Å²) in [5, 5.41) is 2.67. The summed E-state index contributed by atoms with van der Waals surface area (Å²) in [6.07, 6.45) is 7.22. The van der Waals surface area contributed by atoms with Crippen molar-refractivity contribution in [2.45, 2.75) is 19.3 Å². The number of nitrogens with zero attached hydrogens (tertiary/aromatic N) is 4. The highest BCUT2D eigenvalue weighted by Gasteiger charge is 2.18. The van der Waals surface area contributed by atoms with Crippen molar-refractivity contribution >= 4 is 27.8 Å². The fraction of sp³-hybridized carbons (Fsp3) is 0.333. The van der Waals surface area contributed by atoms with Crippen LogP contribution in [0.2, 0.25) is 0 Å². The number of rotatable bonds is 6. The molecule has 0 saturated carbocycles. The molecule has 0 aliphatic carbocycles. The van der Waals surface area contributed by atoms with Crippen LogP contribution in [-0.2, 0) is 6.42 Å². The lowest BCUT2D eigenvalue weighted by Crippen LogP contribution is -2.47. The first kappa shape index (κ1) is 18.1. The number of fused-ring (bicyclic) bond motifs is 3. The minimum Gasteiger partial charge on any atom is -0.354 e. The van der Waals surface area contributed by atoms with Crippen LogP contribution in [0.5, 0.6) is 0 Å². The second-order valence-electron chi connectivity index (χ2n) is 7.84. The molecule has 1 fully saturated rings. The van der Waals surface area contributed by atoms with Gasteiger partial charge in [-0.1, -0.05) is 36.4 Å². The van der Waals surface area contributed by atoms with E-state index in [0.29, 0.717) is 0 Å². The summed E-state index contributed by atoms with van der Waals surface area (Å²) in [5.41, 5.74) is 3.98. The third-order valence-corrected chi connectivity index (χ3v) is 6.01. The molecule has 2 aromatic heterocycles. The Kier molecular flexibility index (Phi) is 5.13. The summed E-state index contributed by atoms with van der Waals surface area (Å²) in [6.45, 7) is 5.38. The Balaban J connectivity index is 1.14. The van der Waals surface area contributed by atoms with Crippen molar-refractivity contribution in [3.05, 3.63) is 66.5 Å². The Morgan fingerprint density at radius 1 is 0.793 bits per heavy atom. The van der Waals surface area contributed by atoms with Crippen LogP contribution in [0.3, 0.4) is 0 Å². The zero-order valence-electron chi connectivity index (χ0n) is 16.7. The third kappa shape index (κ3) is 3.83. The number of piperazine rings is 1. The summed E-state index contributed by atoms with van der Waals surface area (Å²) < 4.78 is 0. The zero-order valence-corrected chi connectivity index (χ0v) is 16.7. The Bertz CT molecular complexity index is 1080. The van der Waals surface area contributed by atoms with Crippen molar-refractivity contribution in [1.82, 2.24) is 19.9 Å². The normalized spacial score (nSPS) is 15.4. The average Bonchev–Trinajstić information content (AvgIpc) is 3.17. The second-order valence-corrected chi connectivity index (χ2v) is 7.84. The molecule has 148 valence electrons. The maximum atomic E-state index is 4.37. The lowest BCUT2D eigenvalue weighted by atomic mass is 10.0. The molecule has 29 heavy (non-hydrogen) atoms. The zero-order chi connectivity index (χ0) is 19.5. The molecule has 0 unspecified atom stereocenters. The van der Waals surface area contributed by atoms with Gasteiger partial charge in [0.1, 0.15) is 0 Å². The number of anilines is 1. The highest BCUT2D eigenvalue weighted by molar-refractivity contribution is 6.08. The molecule has 4 aromatic rings. The first-order valence-electron chi connectivity index (χ1n) is 10.6. The number of benzene rings is 2. The van der Waals surface area contributed by atoms with E-state index in [-0.39, 0.29) is 0 Å². The number of unbranched alkanes of at least 4 members (excludes halogenated alkanes) is 1. The van der Waals surface area contributed by atoms with Crippen LogP contribution in [-0.4, -0.2) is 52.6 Å². The third-order valence-electron chi connectivity index (χ3n) is 6.01. The van der Waals surface area contributed by atoms with E-state index in [1.165, 1.54) is 46.8 Å². The smallest absolute Gasteiger partial charge is 0.225 e. The van der Waals surface area contributed by atoms with Crippen LogP contribution in [0.4, 0.5) is 5.95 Å². The Morgan fingerprint density at radius 2 is 1.59 bits per heavy atom. The molecule has 3 heterocycles. The van der Waals surface area contributed by atoms with Crippen molar-refractivity contribution in [2.24, 2.45) is 0 Å². The van der Waals surface area contributed by atoms with Gasteiger partial charge in [0.25, 0.3) is 0 Å². The molecule has 1 aliphatic rings. The van der Waals surface area contributed by atoms with Gasteiger partial charge in [-0.15, -0.1) is 0 Å². The monoisotopic (exact) mass is 385 g/mol. The predicted octanol–water partition coefficient (Wildman–Crippen LogP) is 4.26. The van der Waals surface area contributed by atoms with Crippen LogP contribution in [0, 0.1) is 0 Å². The van der Waals surface area contributed by atoms with E-state index in [4.69, 9.17) is 0 Å². The molecule has 5 heteroatoms. The first-order chi connectivity index (χ1) is 14.4. The molecule has 0 spiro atoms. The Hall–Kier alpha value is -2.92. The quantitative estimate of drug-likeness (QED) is 0.504. The Labute approximate surface area is 171 Å². The van der Waals surface area contributed by atoms with Gasteiger partial charge in [-0.25, -0.2) is 9.97 Å². The van der Waals surface area contributed by atoms with E-state index >= 15 is 0 Å². The fourth-order valence-corrected chi connectivity index (χ4v) is 4.42. The van der Waals surface area contributed by atoms with E-state index in [0.717, 1.165) is 38.5 Å². The molecule has 5 nitrogen and oxygen atoms in total. The van der Waals surface area contributed by atoms with Crippen molar-refractivity contribution in [2.75, 3.05) is 37.6 Å². The van der Waals surface area contributed by atoms with Gasteiger partial charge >= 0.3 is 0 Å². The molecular weight excluding hydrogens is 358 g/mol. The van der Waals surface area contributed by atoms with Gasteiger partial charge in [-0.2, -0.15) is 0 Å². The minimum atomic E-state index is 0.860. The molecule has 0 radical (unpaired) electrons. The maximum absolute atomic E-state index is 4.37. The minimum absolute atomic E-state index is 0.860. The summed E-state index contributed by atoms with van der Waals surface area (Å²) in [7, 11) is 0. The van der Waals surface area contributed by atoms with Crippen LogP contribution in [0.15, 0.2) is 60.9 Å². The maximum Gasteiger partial charge on any atom is 0.225 e. The number of aryl methyl sites for hydroxylation is 1. The predicted molar refractivity (Wildman–Crippen MR) is 119 cm³/mol. The number of aromatic amines is 1. The molecule has 0 bridgehead atoms. The number of hydrogen-bond donors (Lipinski definition) is 1. The van der Waals surface area contributed by atoms with E-state index in [1.807, 2.05) is 18.5 Å². The molecule has 2 aromatic carbocycles. The Morgan fingerprint density at radius 3 is 2.45 bits per heavy atom. The number of hydrogen-bond acceptors (Lipinski definition) is 4. The number of aromatic nitrogens is 3. The van der Waals surface area contributed by atoms with Crippen LogP contribution < -0.4 is 4.90 Å². The number of H-pyrrole nitrogens is 1.